The van der Waals surface area contributed by atoms with Gasteiger partial charge < -0.3 is 34.6 Å². The molecule has 44 heavy (non-hydrogen) atoms. The van der Waals surface area contributed by atoms with Crippen LogP contribution in [0.25, 0.3) is 6.08 Å². The molecule has 2 aliphatic rings. The predicted molar refractivity (Wildman–Crippen MR) is 167 cm³/mol. The van der Waals surface area contributed by atoms with Crippen LogP contribution in [0.2, 0.25) is 0 Å². The first-order valence-corrected chi connectivity index (χ1v) is 14.6. The third kappa shape index (κ3) is 7.50. The molecule has 232 valence electrons. The highest BCUT2D eigenvalue weighted by Gasteiger charge is 2.27. The van der Waals surface area contributed by atoms with E-state index in [9.17, 15) is 4.79 Å². The van der Waals surface area contributed by atoms with E-state index in [1.54, 1.807) is 38.6 Å². The second kappa shape index (κ2) is 14.3. The zero-order valence-electron chi connectivity index (χ0n) is 25.3. The van der Waals surface area contributed by atoms with Crippen LogP contribution in [-0.2, 0) is 14.3 Å². The quantitative estimate of drug-likeness (QED) is 0.228. The van der Waals surface area contributed by atoms with Crippen LogP contribution in [0.1, 0.15) is 24.1 Å². The van der Waals surface area contributed by atoms with Gasteiger partial charge in [-0.25, -0.2) is 19.3 Å². The number of amides is 1. The number of nitrogens with one attached hydrogen (secondary N) is 2. The van der Waals surface area contributed by atoms with Gasteiger partial charge >= 0.3 is 0 Å². The average Bonchev–Trinajstić information content (AvgIpc) is 3.01. The highest BCUT2D eigenvalue weighted by molar-refractivity contribution is 5.87. The number of rotatable bonds is 12. The Morgan fingerprint density at radius 3 is 2.59 bits per heavy atom. The van der Waals surface area contributed by atoms with Gasteiger partial charge in [0.25, 0.3) is 0 Å². The van der Waals surface area contributed by atoms with Crippen LogP contribution in [0.4, 0.5) is 21.7 Å². The van der Waals surface area contributed by atoms with Gasteiger partial charge in [-0.3, -0.25) is 4.79 Å². The Hall–Kier alpha value is -4.55. The standard InChI is InChI=1S/C32H38FN7O4/c1-5-31(41)39-12-9-22(10-13-39)35-17-25(42-3)15-29-21(2)32(37-20-36-29)38-28-7-6-23(14-27(28)33)44-24-8-11-34-30(16-24)40-18-26(19-40)43-4/h5-8,11,14-16,20,22,26,35H,1,9-10,12-13,17-19H2,2-4H3,(H,36,37,38)/b25-15+. The maximum atomic E-state index is 15.2. The summed E-state index contributed by atoms with van der Waals surface area (Å²) in [6.07, 6.45) is 8.21. The lowest BCUT2D eigenvalue weighted by Gasteiger charge is -2.39. The number of carbonyl (C=O) groups excluding carboxylic acids is 1. The number of carbonyl (C=O) groups is 1. The Kier molecular flexibility index (Phi) is 10.0. The van der Waals surface area contributed by atoms with Gasteiger partial charge in [-0.2, -0.15) is 0 Å². The molecule has 1 amide bonds. The van der Waals surface area contributed by atoms with Crippen LogP contribution in [0.5, 0.6) is 11.5 Å². The first-order valence-electron chi connectivity index (χ1n) is 14.6. The summed E-state index contributed by atoms with van der Waals surface area (Å²) < 4.78 is 32.0. The number of benzene rings is 1. The summed E-state index contributed by atoms with van der Waals surface area (Å²) in [7, 11) is 3.31. The minimum Gasteiger partial charge on any atom is -0.500 e. The van der Waals surface area contributed by atoms with Crippen molar-refractivity contribution < 1.29 is 23.4 Å². The second-order valence-electron chi connectivity index (χ2n) is 10.7. The maximum absolute atomic E-state index is 15.2. The molecule has 3 aromatic rings. The smallest absolute Gasteiger partial charge is 0.245 e. The van der Waals surface area contributed by atoms with Gasteiger partial charge in [0.2, 0.25) is 5.91 Å². The molecule has 0 radical (unpaired) electrons. The van der Waals surface area contributed by atoms with Crippen molar-refractivity contribution in [2.45, 2.75) is 31.9 Å². The minimum absolute atomic E-state index is 0.0311. The zero-order valence-corrected chi connectivity index (χ0v) is 25.3. The van der Waals surface area contributed by atoms with E-state index in [1.165, 1.54) is 18.5 Å². The van der Waals surface area contributed by atoms with E-state index in [4.69, 9.17) is 14.2 Å². The summed E-state index contributed by atoms with van der Waals surface area (Å²) >= 11 is 0. The molecule has 2 saturated heterocycles. The molecule has 4 heterocycles. The number of aromatic nitrogens is 3. The topological polar surface area (TPSA) is 114 Å². The van der Waals surface area contributed by atoms with Gasteiger partial charge in [0.05, 0.1) is 31.1 Å². The van der Waals surface area contributed by atoms with E-state index >= 15 is 4.39 Å². The van der Waals surface area contributed by atoms with E-state index in [0.717, 1.165) is 37.3 Å². The summed E-state index contributed by atoms with van der Waals surface area (Å²) in [4.78, 5) is 28.9. The summed E-state index contributed by atoms with van der Waals surface area (Å²) in [6, 6.07) is 8.47. The zero-order chi connectivity index (χ0) is 31.1. The number of hydrogen-bond donors (Lipinski definition) is 2. The lowest BCUT2D eigenvalue weighted by atomic mass is 10.0. The number of hydrogen-bond acceptors (Lipinski definition) is 10. The molecule has 1 aromatic carbocycles. The summed E-state index contributed by atoms with van der Waals surface area (Å²) in [5.74, 6) is 2.37. The van der Waals surface area contributed by atoms with Crippen molar-refractivity contribution in [2.75, 3.05) is 57.2 Å². The maximum Gasteiger partial charge on any atom is 0.245 e. The Balaban J connectivity index is 1.20. The third-order valence-electron chi connectivity index (χ3n) is 7.88. The van der Waals surface area contributed by atoms with Crippen molar-refractivity contribution in [1.29, 1.82) is 0 Å². The van der Waals surface area contributed by atoms with E-state index in [0.29, 0.717) is 48.4 Å². The van der Waals surface area contributed by atoms with Crippen LogP contribution in [0, 0.1) is 12.7 Å². The largest absolute Gasteiger partial charge is 0.500 e. The number of ether oxygens (including phenoxy) is 3. The molecule has 0 aliphatic carbocycles. The summed E-state index contributed by atoms with van der Waals surface area (Å²) in [5, 5.41) is 6.58. The number of methoxy groups -OCH3 is 2. The normalized spacial score (nSPS) is 16.0. The van der Waals surface area contributed by atoms with Crippen LogP contribution in [-0.4, -0.2) is 84.8 Å². The number of likely N-dealkylation sites (tertiary alicyclic amines) is 1. The molecule has 2 fully saturated rings. The van der Waals surface area contributed by atoms with Gasteiger partial charge in [-0.05, 0) is 44.0 Å². The van der Waals surface area contributed by atoms with Gasteiger partial charge in [-0.15, -0.1) is 0 Å². The molecular weight excluding hydrogens is 565 g/mol. The molecule has 0 saturated carbocycles. The van der Waals surface area contributed by atoms with Crippen molar-refractivity contribution in [2.24, 2.45) is 0 Å². The minimum atomic E-state index is -0.486. The average molecular weight is 604 g/mol. The highest BCUT2D eigenvalue weighted by Crippen LogP contribution is 2.30. The Morgan fingerprint density at radius 1 is 1.11 bits per heavy atom. The van der Waals surface area contributed by atoms with Crippen molar-refractivity contribution in [3.8, 4) is 11.5 Å². The summed E-state index contributed by atoms with van der Waals surface area (Å²) in [6.45, 7) is 8.85. The predicted octanol–water partition coefficient (Wildman–Crippen LogP) is 4.44. The molecule has 12 heteroatoms. The third-order valence-corrected chi connectivity index (χ3v) is 7.88. The number of halogens is 1. The fraction of sp³-hybridized carbons (Fsp3) is 0.375. The monoisotopic (exact) mass is 603 g/mol. The first-order chi connectivity index (χ1) is 21.4. The van der Waals surface area contributed by atoms with E-state index in [2.05, 4.69) is 37.1 Å². The molecule has 2 aromatic heterocycles. The SMILES string of the molecule is C=CC(=O)N1CCC(NC/C(=C\c2ncnc(Nc3ccc(Oc4ccnc(N5CC(OC)C5)c4)cc3F)c2C)OC)CC1. The molecule has 11 nitrogen and oxygen atoms in total. The van der Waals surface area contributed by atoms with Gasteiger partial charge in [0.15, 0.2) is 0 Å². The molecular formula is C32H38FN7O4. The Morgan fingerprint density at radius 2 is 1.89 bits per heavy atom. The van der Waals surface area contributed by atoms with Crippen molar-refractivity contribution in [1.82, 2.24) is 25.2 Å². The molecule has 2 aliphatic heterocycles. The first kappa shape index (κ1) is 30.9. The molecule has 2 N–H and O–H groups in total. The molecule has 0 atom stereocenters. The van der Waals surface area contributed by atoms with E-state index in [1.807, 2.05) is 24.0 Å². The summed E-state index contributed by atoms with van der Waals surface area (Å²) in [5.41, 5.74) is 1.65. The van der Waals surface area contributed by atoms with Crippen molar-refractivity contribution in [3.05, 3.63) is 78.3 Å². The van der Waals surface area contributed by atoms with Crippen LogP contribution >= 0.6 is 0 Å². The fourth-order valence-corrected chi connectivity index (χ4v) is 5.08. The van der Waals surface area contributed by atoms with Crippen LogP contribution in [0.3, 0.4) is 0 Å². The van der Waals surface area contributed by atoms with Crippen molar-refractivity contribution in [3.63, 3.8) is 0 Å². The molecule has 0 unspecified atom stereocenters. The van der Waals surface area contributed by atoms with Crippen molar-refractivity contribution >= 4 is 29.3 Å². The number of anilines is 3. The Bertz CT molecular complexity index is 1500. The number of piperidine rings is 1. The Labute approximate surface area is 256 Å². The van der Waals surface area contributed by atoms with Gasteiger partial charge in [-0.1, -0.05) is 6.58 Å². The highest BCUT2D eigenvalue weighted by atomic mass is 19.1. The number of nitrogens with zero attached hydrogens (tertiary/aromatic N) is 5. The van der Waals surface area contributed by atoms with Crippen LogP contribution in [0.15, 0.2) is 61.3 Å². The molecule has 0 spiro atoms. The van der Waals surface area contributed by atoms with E-state index < -0.39 is 5.82 Å². The molecule has 5 rings (SSSR count). The lowest BCUT2D eigenvalue weighted by Crippen LogP contribution is -2.52. The lowest BCUT2D eigenvalue weighted by molar-refractivity contribution is -0.127. The molecule has 0 bridgehead atoms. The van der Waals surface area contributed by atoms with Gasteiger partial charge in [0.1, 0.15) is 41.0 Å². The van der Waals surface area contributed by atoms with Crippen LogP contribution < -0.4 is 20.3 Å². The van der Waals surface area contributed by atoms with E-state index in [-0.39, 0.29) is 23.7 Å². The fourth-order valence-electron chi connectivity index (χ4n) is 5.08. The van der Waals surface area contributed by atoms with Gasteiger partial charge in [0, 0.05) is 69.3 Å². The number of pyridine rings is 1. The second-order valence-corrected chi connectivity index (χ2v) is 10.7.